The molecule has 0 bridgehead atoms. The Kier molecular flexibility index (Phi) is 4.83. The van der Waals surface area contributed by atoms with Crippen molar-refractivity contribution in [2.75, 3.05) is 33.3 Å². The van der Waals surface area contributed by atoms with E-state index in [9.17, 15) is 0 Å². The first-order valence-corrected chi connectivity index (χ1v) is 6.84. The molecule has 0 aliphatic carbocycles. The zero-order valence-corrected chi connectivity index (χ0v) is 11.7. The Morgan fingerprint density at radius 2 is 2.41 bits per heavy atom. The summed E-state index contributed by atoms with van der Waals surface area (Å²) in [7, 11) is 2.17. The molecule has 1 aromatic rings. The molecule has 1 unspecified atom stereocenters. The molecule has 0 radical (unpaired) electrons. The van der Waals surface area contributed by atoms with Crippen LogP contribution in [0.2, 0.25) is 0 Å². The lowest BCUT2D eigenvalue weighted by Gasteiger charge is -2.23. The monoisotopic (exact) mass is 298 g/mol. The smallest absolute Gasteiger partial charge is 0.120 e. The number of likely N-dealkylation sites (N-methyl/N-ethyl adjacent to an activating group) is 1. The third-order valence-electron chi connectivity index (χ3n) is 3.17. The average Bonchev–Trinajstić information content (AvgIpc) is 2.82. The first-order chi connectivity index (χ1) is 8.25. The van der Waals surface area contributed by atoms with E-state index in [1.807, 2.05) is 24.3 Å². The number of halogens is 1. The largest absolute Gasteiger partial charge is 0.492 e. The Hall–Kier alpha value is -0.580. The first kappa shape index (κ1) is 12.9. The van der Waals surface area contributed by atoms with E-state index in [2.05, 4.69) is 33.2 Å². The Labute approximate surface area is 111 Å². The highest BCUT2D eigenvalue weighted by atomic mass is 79.9. The van der Waals surface area contributed by atoms with Gasteiger partial charge in [0.1, 0.15) is 12.4 Å². The number of hydrogen-bond donors (Lipinski definition) is 1. The second kappa shape index (κ2) is 6.38. The van der Waals surface area contributed by atoms with E-state index in [1.165, 1.54) is 6.42 Å². The van der Waals surface area contributed by atoms with Crippen molar-refractivity contribution in [1.82, 2.24) is 10.2 Å². The fourth-order valence-corrected chi connectivity index (χ4v) is 2.44. The standard InChI is InChI=1S/C13H19BrN2O/c1-16(12-5-6-15-10-12)7-8-17-13-4-2-3-11(14)9-13/h2-4,9,12,15H,5-8,10H2,1H3. The van der Waals surface area contributed by atoms with Crippen LogP contribution < -0.4 is 10.1 Å². The highest BCUT2D eigenvalue weighted by Crippen LogP contribution is 2.17. The van der Waals surface area contributed by atoms with Crippen molar-refractivity contribution in [3.63, 3.8) is 0 Å². The summed E-state index contributed by atoms with van der Waals surface area (Å²) in [5.74, 6) is 0.928. The maximum atomic E-state index is 5.72. The van der Waals surface area contributed by atoms with Crippen molar-refractivity contribution in [3.8, 4) is 5.75 Å². The molecule has 4 heteroatoms. The highest BCUT2D eigenvalue weighted by molar-refractivity contribution is 9.10. The van der Waals surface area contributed by atoms with Crippen LogP contribution in [-0.4, -0.2) is 44.2 Å². The third kappa shape index (κ3) is 3.98. The number of ether oxygens (including phenoxy) is 1. The molecule has 1 aliphatic heterocycles. The molecular formula is C13H19BrN2O. The summed E-state index contributed by atoms with van der Waals surface area (Å²) in [6, 6.07) is 8.65. The van der Waals surface area contributed by atoms with Crippen LogP contribution in [0.3, 0.4) is 0 Å². The van der Waals surface area contributed by atoms with E-state index in [4.69, 9.17) is 4.74 Å². The maximum absolute atomic E-state index is 5.72. The van der Waals surface area contributed by atoms with Crippen LogP contribution in [0.4, 0.5) is 0 Å². The van der Waals surface area contributed by atoms with Crippen molar-refractivity contribution >= 4 is 15.9 Å². The molecule has 0 amide bonds. The van der Waals surface area contributed by atoms with E-state index in [-0.39, 0.29) is 0 Å². The Bertz CT molecular complexity index is 353. The van der Waals surface area contributed by atoms with Gasteiger partial charge in [-0.05, 0) is 38.2 Å². The molecule has 94 valence electrons. The van der Waals surface area contributed by atoms with Crippen LogP contribution in [0.25, 0.3) is 0 Å². The van der Waals surface area contributed by atoms with Gasteiger partial charge in [-0.15, -0.1) is 0 Å². The van der Waals surface area contributed by atoms with E-state index in [0.29, 0.717) is 6.04 Å². The first-order valence-electron chi connectivity index (χ1n) is 6.05. The summed E-state index contributed by atoms with van der Waals surface area (Å²) < 4.78 is 6.78. The second-order valence-corrected chi connectivity index (χ2v) is 5.35. The van der Waals surface area contributed by atoms with Crippen molar-refractivity contribution in [1.29, 1.82) is 0 Å². The number of hydrogen-bond acceptors (Lipinski definition) is 3. The molecule has 17 heavy (non-hydrogen) atoms. The van der Waals surface area contributed by atoms with Gasteiger partial charge in [0.25, 0.3) is 0 Å². The van der Waals surface area contributed by atoms with Crippen molar-refractivity contribution in [2.45, 2.75) is 12.5 Å². The van der Waals surface area contributed by atoms with Gasteiger partial charge in [-0.3, -0.25) is 4.90 Å². The van der Waals surface area contributed by atoms with Gasteiger partial charge in [0.05, 0.1) is 0 Å². The molecule has 3 nitrogen and oxygen atoms in total. The third-order valence-corrected chi connectivity index (χ3v) is 3.66. The predicted molar refractivity (Wildman–Crippen MR) is 73.5 cm³/mol. The van der Waals surface area contributed by atoms with Crippen LogP contribution in [0.5, 0.6) is 5.75 Å². The van der Waals surface area contributed by atoms with Gasteiger partial charge in [0.15, 0.2) is 0 Å². The van der Waals surface area contributed by atoms with Crippen molar-refractivity contribution in [3.05, 3.63) is 28.7 Å². The molecule has 1 N–H and O–H groups in total. The molecule has 0 saturated carbocycles. The van der Waals surface area contributed by atoms with Gasteiger partial charge in [-0.25, -0.2) is 0 Å². The molecule has 0 spiro atoms. The Morgan fingerprint density at radius 1 is 1.53 bits per heavy atom. The van der Waals surface area contributed by atoms with Gasteiger partial charge in [0.2, 0.25) is 0 Å². The van der Waals surface area contributed by atoms with Gasteiger partial charge < -0.3 is 10.1 Å². The summed E-state index contributed by atoms with van der Waals surface area (Å²) in [5.41, 5.74) is 0. The van der Waals surface area contributed by atoms with Gasteiger partial charge >= 0.3 is 0 Å². The molecular weight excluding hydrogens is 280 g/mol. The lowest BCUT2D eigenvalue weighted by atomic mass is 10.2. The van der Waals surface area contributed by atoms with Crippen LogP contribution in [0, 0.1) is 0 Å². The minimum atomic E-state index is 0.668. The summed E-state index contributed by atoms with van der Waals surface area (Å²) >= 11 is 3.44. The minimum Gasteiger partial charge on any atom is -0.492 e. The zero-order chi connectivity index (χ0) is 12.1. The lowest BCUT2D eigenvalue weighted by Crippen LogP contribution is -2.36. The number of nitrogens with zero attached hydrogens (tertiary/aromatic N) is 1. The summed E-state index contributed by atoms with van der Waals surface area (Å²) in [5, 5.41) is 3.38. The molecule has 1 atom stereocenters. The molecule has 0 aromatic heterocycles. The Morgan fingerprint density at radius 3 is 3.12 bits per heavy atom. The van der Waals surface area contributed by atoms with Crippen LogP contribution in [0.15, 0.2) is 28.7 Å². The summed E-state index contributed by atoms with van der Waals surface area (Å²) in [6.45, 7) is 3.96. The molecule has 1 saturated heterocycles. The van der Waals surface area contributed by atoms with E-state index in [1.54, 1.807) is 0 Å². The van der Waals surface area contributed by atoms with E-state index >= 15 is 0 Å². The van der Waals surface area contributed by atoms with E-state index < -0.39 is 0 Å². The normalized spacial score (nSPS) is 19.8. The van der Waals surface area contributed by atoms with Gasteiger partial charge in [0, 0.05) is 23.6 Å². The quantitative estimate of drug-likeness (QED) is 0.901. The number of rotatable bonds is 5. The minimum absolute atomic E-state index is 0.668. The van der Waals surface area contributed by atoms with Crippen LogP contribution in [0.1, 0.15) is 6.42 Å². The average molecular weight is 299 g/mol. The second-order valence-electron chi connectivity index (χ2n) is 4.43. The number of nitrogens with one attached hydrogen (secondary N) is 1. The van der Waals surface area contributed by atoms with Crippen molar-refractivity contribution in [2.24, 2.45) is 0 Å². The molecule has 1 fully saturated rings. The lowest BCUT2D eigenvalue weighted by molar-refractivity contribution is 0.199. The SMILES string of the molecule is CN(CCOc1cccc(Br)c1)C1CCNC1. The van der Waals surface area contributed by atoms with Gasteiger partial charge in [-0.1, -0.05) is 22.0 Å². The molecule has 1 heterocycles. The fraction of sp³-hybridized carbons (Fsp3) is 0.538. The van der Waals surface area contributed by atoms with Gasteiger partial charge in [-0.2, -0.15) is 0 Å². The van der Waals surface area contributed by atoms with Crippen molar-refractivity contribution < 1.29 is 4.74 Å². The fourth-order valence-electron chi connectivity index (χ4n) is 2.06. The topological polar surface area (TPSA) is 24.5 Å². The summed E-state index contributed by atoms with van der Waals surface area (Å²) in [6.07, 6.45) is 1.24. The molecule has 1 aliphatic rings. The number of benzene rings is 1. The molecule has 2 rings (SSSR count). The maximum Gasteiger partial charge on any atom is 0.120 e. The highest BCUT2D eigenvalue weighted by Gasteiger charge is 2.18. The Balaban J connectivity index is 1.71. The predicted octanol–water partition coefficient (Wildman–Crippen LogP) is 2.12. The summed E-state index contributed by atoms with van der Waals surface area (Å²) in [4.78, 5) is 2.37. The van der Waals surface area contributed by atoms with E-state index in [0.717, 1.165) is 36.5 Å². The van der Waals surface area contributed by atoms with Crippen LogP contribution >= 0.6 is 15.9 Å². The van der Waals surface area contributed by atoms with Crippen LogP contribution in [-0.2, 0) is 0 Å². The molecule has 1 aromatic carbocycles. The zero-order valence-electron chi connectivity index (χ0n) is 10.2.